The summed E-state index contributed by atoms with van der Waals surface area (Å²) in [5, 5.41) is 42.1. The molecule has 18 nitrogen and oxygen atoms in total. The lowest BCUT2D eigenvalue weighted by atomic mass is 9.87. The van der Waals surface area contributed by atoms with E-state index in [1.165, 1.54) is 0 Å². The average molecular weight is 925 g/mol. The number of ether oxygens (including phenoxy) is 3. The Morgan fingerprint density at radius 2 is 1.63 bits per heavy atom. The van der Waals surface area contributed by atoms with Gasteiger partial charge in [0.15, 0.2) is 11.6 Å². The zero-order valence-electron chi connectivity index (χ0n) is 38.3. The fourth-order valence-corrected chi connectivity index (χ4v) is 8.58. The first-order valence-corrected chi connectivity index (χ1v) is 23.4. The van der Waals surface area contributed by atoms with Crippen molar-refractivity contribution in [2.24, 2.45) is 10.2 Å². The Morgan fingerprint density at radius 1 is 0.868 bits per heavy atom. The Morgan fingerprint density at radius 3 is 2.47 bits per heavy atom. The van der Waals surface area contributed by atoms with Crippen LogP contribution in [0.3, 0.4) is 0 Å². The molecule has 3 aliphatic rings. The second kappa shape index (κ2) is 23.1. The van der Waals surface area contributed by atoms with Crippen molar-refractivity contribution in [3.05, 3.63) is 119 Å². The third-order valence-corrected chi connectivity index (χ3v) is 12.3. The smallest absolute Gasteiger partial charge is 0.255 e. The SMILES string of the molecule is C/C(=N\N=C(/[O-])c1cccc(NC2(c3nc(-c4ccncc4)n[nH]3)CCNCC2)c1)c1cccc(OCCCCCOCCCOCCNc2cccc3c2CN(C2CCC(=O)NC2=O)C3=O)c1. The van der Waals surface area contributed by atoms with Crippen LogP contribution in [0.1, 0.15) is 91.2 Å². The van der Waals surface area contributed by atoms with Crippen LogP contribution in [0.25, 0.3) is 11.4 Å². The average Bonchev–Trinajstić information content (AvgIpc) is 4.00. The Hall–Kier alpha value is -7.02. The minimum absolute atomic E-state index is 0.192. The normalized spacial score (nSPS) is 17.2. The number of pyridine rings is 1. The molecule has 5 heterocycles. The molecule has 0 saturated carbocycles. The van der Waals surface area contributed by atoms with Crippen molar-refractivity contribution in [3.63, 3.8) is 0 Å². The maximum Gasteiger partial charge on any atom is 0.255 e. The molecule has 5 aromatic rings. The predicted molar refractivity (Wildman–Crippen MR) is 255 cm³/mol. The number of hydrogen-bond donors (Lipinski definition) is 5. The lowest BCUT2D eigenvalue weighted by molar-refractivity contribution is -0.213. The number of nitrogens with zero attached hydrogens (tertiary/aromatic N) is 6. The van der Waals surface area contributed by atoms with E-state index < -0.39 is 23.4 Å². The summed E-state index contributed by atoms with van der Waals surface area (Å²) in [5.74, 6) is 0.703. The molecule has 0 aliphatic carbocycles. The van der Waals surface area contributed by atoms with Crippen LogP contribution in [0.5, 0.6) is 5.75 Å². The van der Waals surface area contributed by atoms with Crippen molar-refractivity contribution in [2.75, 3.05) is 63.3 Å². The van der Waals surface area contributed by atoms with Crippen LogP contribution in [0.15, 0.2) is 101 Å². The fraction of sp³-hybridized carbons (Fsp3) is 0.400. The number of hydrogen-bond acceptors (Lipinski definition) is 15. The van der Waals surface area contributed by atoms with Gasteiger partial charge >= 0.3 is 0 Å². The summed E-state index contributed by atoms with van der Waals surface area (Å²) in [4.78, 5) is 47.6. The molecule has 3 aliphatic heterocycles. The van der Waals surface area contributed by atoms with Crippen molar-refractivity contribution >= 4 is 40.7 Å². The molecule has 2 fully saturated rings. The number of amides is 3. The van der Waals surface area contributed by atoms with Crippen molar-refractivity contribution < 1.29 is 33.7 Å². The van der Waals surface area contributed by atoms with Gasteiger partial charge in [0.05, 0.1) is 24.5 Å². The summed E-state index contributed by atoms with van der Waals surface area (Å²) >= 11 is 0. The van der Waals surface area contributed by atoms with E-state index in [0.29, 0.717) is 75.2 Å². The zero-order chi connectivity index (χ0) is 47.1. The number of nitrogens with one attached hydrogen (secondary N) is 5. The first-order valence-electron chi connectivity index (χ1n) is 23.4. The number of rotatable bonds is 23. The number of imide groups is 1. The highest BCUT2D eigenvalue weighted by Crippen LogP contribution is 2.35. The monoisotopic (exact) mass is 924 g/mol. The van der Waals surface area contributed by atoms with E-state index in [0.717, 1.165) is 91.3 Å². The molecule has 0 radical (unpaired) electrons. The Balaban J connectivity index is 0.701. The van der Waals surface area contributed by atoms with Crippen LogP contribution in [-0.4, -0.2) is 113 Å². The van der Waals surface area contributed by atoms with Crippen molar-refractivity contribution in [3.8, 4) is 17.1 Å². The van der Waals surface area contributed by atoms with Gasteiger partial charge in [0, 0.05) is 91.3 Å². The van der Waals surface area contributed by atoms with Gasteiger partial charge in [-0.25, -0.2) is 4.98 Å². The van der Waals surface area contributed by atoms with E-state index in [1.54, 1.807) is 35.5 Å². The molecule has 2 saturated heterocycles. The maximum absolute atomic E-state index is 13.3. The molecule has 8 rings (SSSR count). The fourth-order valence-electron chi connectivity index (χ4n) is 8.58. The highest BCUT2D eigenvalue weighted by Gasteiger charge is 2.40. The standard InChI is InChI=1S/C50H59N11O7/c1-34(57-59-46(63)37-10-5-11-38(31-37)56-50(19-23-52-24-20-50)49-55-45(58-60-49)35-17-21-51-22-18-35)36-9-6-12-39(32-36)68-29-4-2-3-26-66-27-8-28-67-30-25-53-42-14-7-13-40-41(42)33-61(48(40)65)43-15-16-44(62)54-47(43)64/h5-7,9-14,17-18,21-22,31-32,43,52-53,56H,2-4,8,15-16,19-20,23-30,33H2,1H3,(H,59,63)(H,54,62,64)(H,55,58,60)/p-1/b57-34+. The second-order valence-electron chi connectivity index (χ2n) is 17.0. The molecular weight excluding hydrogens is 867 g/mol. The van der Waals surface area contributed by atoms with Gasteiger partial charge in [0.25, 0.3) is 5.91 Å². The maximum atomic E-state index is 13.3. The van der Waals surface area contributed by atoms with Gasteiger partial charge in [-0.3, -0.25) is 29.8 Å². The minimum Gasteiger partial charge on any atom is -0.857 e. The molecule has 0 bridgehead atoms. The van der Waals surface area contributed by atoms with Crippen LogP contribution >= 0.6 is 0 Å². The summed E-state index contributed by atoms with van der Waals surface area (Å²) in [7, 11) is 0. The lowest BCUT2D eigenvalue weighted by Crippen LogP contribution is -2.52. The minimum atomic E-state index is -0.641. The van der Waals surface area contributed by atoms with Gasteiger partial charge in [-0.1, -0.05) is 30.3 Å². The molecular formula is C50H58N11O7-. The number of unbranched alkanes of at least 4 members (excludes halogenated alkanes) is 2. The van der Waals surface area contributed by atoms with Crippen LogP contribution < -0.4 is 31.1 Å². The van der Waals surface area contributed by atoms with E-state index >= 15 is 0 Å². The van der Waals surface area contributed by atoms with Gasteiger partial charge in [-0.2, -0.15) is 15.3 Å². The van der Waals surface area contributed by atoms with Gasteiger partial charge in [0.2, 0.25) is 11.8 Å². The molecule has 3 aromatic carbocycles. The predicted octanol–water partition coefficient (Wildman–Crippen LogP) is 4.93. The quantitative estimate of drug-likeness (QED) is 0.0193. The number of piperidine rings is 2. The Labute approximate surface area is 395 Å². The molecule has 356 valence electrons. The van der Waals surface area contributed by atoms with Crippen LogP contribution in [0, 0.1) is 0 Å². The van der Waals surface area contributed by atoms with Crippen molar-refractivity contribution in [1.29, 1.82) is 0 Å². The van der Waals surface area contributed by atoms with Gasteiger partial charge in [-0.15, -0.1) is 0 Å². The topological polar surface area (TPSA) is 232 Å². The highest BCUT2D eigenvalue weighted by molar-refractivity contribution is 6.06. The number of anilines is 2. The molecule has 5 N–H and O–H groups in total. The number of aromatic amines is 1. The molecule has 0 spiro atoms. The number of H-pyrrole nitrogens is 1. The van der Waals surface area contributed by atoms with Crippen LogP contribution in [0.4, 0.5) is 11.4 Å². The van der Waals surface area contributed by atoms with Crippen molar-refractivity contribution in [1.82, 2.24) is 35.7 Å². The molecule has 68 heavy (non-hydrogen) atoms. The lowest BCUT2D eigenvalue weighted by Gasteiger charge is -2.37. The van der Waals surface area contributed by atoms with Crippen LogP contribution in [-0.2, 0) is 31.1 Å². The Kier molecular flexibility index (Phi) is 16.1. The highest BCUT2D eigenvalue weighted by atomic mass is 16.5. The van der Waals surface area contributed by atoms with Gasteiger partial charge in [-0.05, 0) is 119 Å². The number of carbonyl (C=O) groups excluding carboxylic acids is 3. The number of fused-ring (bicyclic) bond motifs is 1. The zero-order valence-corrected chi connectivity index (χ0v) is 38.3. The first kappa shape index (κ1) is 47.5. The largest absolute Gasteiger partial charge is 0.857 e. The van der Waals surface area contributed by atoms with E-state index in [9.17, 15) is 19.5 Å². The summed E-state index contributed by atoms with van der Waals surface area (Å²) in [6, 6.07) is 23.6. The summed E-state index contributed by atoms with van der Waals surface area (Å²) in [5.41, 5.74) is 5.24. The third kappa shape index (κ3) is 12.1. The van der Waals surface area contributed by atoms with E-state index in [-0.39, 0.29) is 18.2 Å². The van der Waals surface area contributed by atoms with Gasteiger partial charge < -0.3 is 40.2 Å². The summed E-state index contributed by atoms with van der Waals surface area (Å²) in [6.07, 6.45) is 9.08. The number of aromatic nitrogens is 4. The molecule has 18 heteroatoms. The third-order valence-electron chi connectivity index (χ3n) is 12.3. The molecule has 2 aromatic heterocycles. The van der Waals surface area contributed by atoms with Crippen LogP contribution in [0.2, 0.25) is 0 Å². The van der Waals surface area contributed by atoms with Crippen molar-refractivity contribution in [2.45, 2.75) is 76.4 Å². The number of benzene rings is 3. The summed E-state index contributed by atoms with van der Waals surface area (Å²) in [6.45, 7) is 7.22. The first-order chi connectivity index (χ1) is 33.3. The molecule has 3 amide bonds. The number of carbonyl (C=O) groups is 3. The second-order valence-corrected chi connectivity index (χ2v) is 17.0. The summed E-state index contributed by atoms with van der Waals surface area (Å²) < 4.78 is 17.6. The van der Waals surface area contributed by atoms with E-state index in [2.05, 4.69) is 46.7 Å². The van der Waals surface area contributed by atoms with E-state index in [4.69, 9.17) is 19.2 Å². The van der Waals surface area contributed by atoms with E-state index in [1.807, 2.05) is 67.6 Å². The van der Waals surface area contributed by atoms with Gasteiger partial charge in [0.1, 0.15) is 11.8 Å². The molecule has 1 unspecified atom stereocenters. The Bertz CT molecular complexity index is 2580. The molecule has 1 atom stereocenters.